The summed E-state index contributed by atoms with van der Waals surface area (Å²) in [6.07, 6.45) is -3.18. The number of halogens is 3. The minimum atomic E-state index is -4.42. The number of hydrogen-bond acceptors (Lipinski definition) is 3. The molecule has 0 saturated heterocycles. The molecule has 1 aromatic carbocycles. The molecule has 1 heterocycles. The summed E-state index contributed by atoms with van der Waals surface area (Å²) in [5, 5.41) is 2.56. The highest BCUT2D eigenvalue weighted by Crippen LogP contribution is 2.29. The van der Waals surface area contributed by atoms with Crippen LogP contribution >= 0.6 is 0 Å². The van der Waals surface area contributed by atoms with Crippen LogP contribution in [-0.2, 0) is 17.4 Å². The monoisotopic (exact) mass is 310 g/mol. The molecule has 0 bridgehead atoms. The van der Waals surface area contributed by atoms with Gasteiger partial charge in [0.1, 0.15) is 0 Å². The number of pyridine rings is 1. The highest BCUT2D eigenvalue weighted by molar-refractivity contribution is 5.92. The van der Waals surface area contributed by atoms with Gasteiger partial charge >= 0.3 is 6.18 Å². The van der Waals surface area contributed by atoms with E-state index in [1.807, 2.05) is 0 Å². The average molecular weight is 310 g/mol. The van der Waals surface area contributed by atoms with E-state index in [0.717, 1.165) is 12.1 Å². The van der Waals surface area contributed by atoms with Gasteiger partial charge in [0.2, 0.25) is 11.8 Å². The van der Waals surface area contributed by atoms with Crippen molar-refractivity contribution < 1.29 is 22.7 Å². The Balaban J connectivity index is 2.02. The fraction of sp³-hybridized carbons (Fsp3) is 0.200. The molecule has 0 fully saturated rings. The molecule has 1 aromatic heterocycles. The molecule has 2 rings (SSSR count). The van der Waals surface area contributed by atoms with E-state index < -0.39 is 17.6 Å². The molecule has 0 atom stereocenters. The highest BCUT2D eigenvalue weighted by atomic mass is 19.4. The summed E-state index contributed by atoms with van der Waals surface area (Å²) in [5.74, 6) is -0.0258. The van der Waals surface area contributed by atoms with E-state index in [1.54, 1.807) is 12.1 Å². The number of alkyl halides is 3. The number of aromatic nitrogens is 1. The molecule has 0 aliphatic carbocycles. The van der Waals surface area contributed by atoms with Crippen molar-refractivity contribution in [3.8, 4) is 5.88 Å². The Kier molecular flexibility index (Phi) is 4.65. The van der Waals surface area contributed by atoms with Gasteiger partial charge in [-0.3, -0.25) is 4.79 Å². The standard InChI is InChI=1S/C15H13F3N2O2/c1-22-14-6-5-12(9-19-14)20-13(21)8-10-3-2-4-11(7-10)15(16,17)18/h2-7,9H,8H2,1H3,(H,20,21). The van der Waals surface area contributed by atoms with Gasteiger partial charge in [-0.15, -0.1) is 0 Å². The first kappa shape index (κ1) is 15.8. The van der Waals surface area contributed by atoms with Crippen LogP contribution in [-0.4, -0.2) is 18.0 Å². The second-order valence-corrected chi connectivity index (χ2v) is 4.51. The van der Waals surface area contributed by atoms with Gasteiger partial charge in [-0.1, -0.05) is 18.2 Å². The summed E-state index contributed by atoms with van der Waals surface area (Å²) in [4.78, 5) is 15.8. The number of methoxy groups -OCH3 is 1. The van der Waals surface area contributed by atoms with Crippen LogP contribution < -0.4 is 10.1 Å². The fourth-order valence-electron chi connectivity index (χ4n) is 1.82. The maximum absolute atomic E-state index is 12.6. The topological polar surface area (TPSA) is 51.2 Å². The summed E-state index contributed by atoms with van der Waals surface area (Å²) in [5.41, 5.74) is -0.0458. The first-order valence-electron chi connectivity index (χ1n) is 6.34. The van der Waals surface area contributed by atoms with Crippen LogP contribution in [0.5, 0.6) is 5.88 Å². The number of carbonyl (C=O) groups is 1. The predicted molar refractivity (Wildman–Crippen MR) is 74.6 cm³/mol. The maximum Gasteiger partial charge on any atom is 0.416 e. The Morgan fingerprint density at radius 2 is 2.05 bits per heavy atom. The number of ether oxygens (including phenoxy) is 1. The number of hydrogen-bond donors (Lipinski definition) is 1. The average Bonchev–Trinajstić information content (AvgIpc) is 2.47. The molecule has 1 amide bonds. The van der Waals surface area contributed by atoms with Gasteiger partial charge in [0, 0.05) is 6.07 Å². The van der Waals surface area contributed by atoms with Crippen LogP contribution in [0.4, 0.5) is 18.9 Å². The third-order valence-corrected chi connectivity index (χ3v) is 2.85. The second-order valence-electron chi connectivity index (χ2n) is 4.51. The van der Waals surface area contributed by atoms with Crippen molar-refractivity contribution in [2.45, 2.75) is 12.6 Å². The Morgan fingerprint density at radius 1 is 1.27 bits per heavy atom. The lowest BCUT2D eigenvalue weighted by Gasteiger charge is -2.09. The van der Waals surface area contributed by atoms with Crippen molar-refractivity contribution in [3.63, 3.8) is 0 Å². The minimum Gasteiger partial charge on any atom is -0.481 e. The van der Waals surface area contributed by atoms with Crippen LogP contribution in [0.15, 0.2) is 42.6 Å². The van der Waals surface area contributed by atoms with Crippen molar-refractivity contribution in [3.05, 3.63) is 53.7 Å². The molecule has 1 N–H and O–H groups in total. The Hall–Kier alpha value is -2.57. The largest absolute Gasteiger partial charge is 0.481 e. The Morgan fingerprint density at radius 3 is 2.64 bits per heavy atom. The molecule has 0 aliphatic heterocycles. The fourth-order valence-corrected chi connectivity index (χ4v) is 1.82. The van der Waals surface area contributed by atoms with Gasteiger partial charge in [0.05, 0.1) is 31.0 Å². The zero-order valence-corrected chi connectivity index (χ0v) is 11.6. The van der Waals surface area contributed by atoms with Gasteiger partial charge in [-0.2, -0.15) is 13.2 Å². The SMILES string of the molecule is COc1ccc(NC(=O)Cc2cccc(C(F)(F)F)c2)cn1. The summed E-state index contributed by atoms with van der Waals surface area (Å²) >= 11 is 0. The highest BCUT2D eigenvalue weighted by Gasteiger charge is 2.30. The van der Waals surface area contributed by atoms with Crippen LogP contribution in [0.2, 0.25) is 0 Å². The summed E-state index contributed by atoms with van der Waals surface area (Å²) in [6.45, 7) is 0. The molecule has 2 aromatic rings. The van der Waals surface area contributed by atoms with Crippen molar-refractivity contribution in [1.29, 1.82) is 0 Å². The molecule has 0 radical (unpaired) electrons. The van der Waals surface area contributed by atoms with Crippen molar-refractivity contribution in [2.75, 3.05) is 12.4 Å². The van der Waals surface area contributed by atoms with Crippen LogP contribution in [0.3, 0.4) is 0 Å². The van der Waals surface area contributed by atoms with E-state index in [0.29, 0.717) is 11.6 Å². The lowest BCUT2D eigenvalue weighted by atomic mass is 10.1. The molecule has 116 valence electrons. The van der Waals surface area contributed by atoms with E-state index in [2.05, 4.69) is 10.3 Å². The molecular formula is C15H13F3N2O2. The third-order valence-electron chi connectivity index (χ3n) is 2.85. The first-order chi connectivity index (χ1) is 10.4. The van der Waals surface area contributed by atoms with Gasteiger partial charge < -0.3 is 10.1 Å². The molecule has 7 heteroatoms. The van der Waals surface area contributed by atoms with E-state index in [9.17, 15) is 18.0 Å². The molecular weight excluding hydrogens is 297 g/mol. The van der Waals surface area contributed by atoms with Gasteiger partial charge in [0.25, 0.3) is 0 Å². The lowest BCUT2D eigenvalue weighted by molar-refractivity contribution is -0.137. The van der Waals surface area contributed by atoms with Crippen molar-refractivity contribution in [2.24, 2.45) is 0 Å². The Labute approximate surface area is 124 Å². The number of nitrogens with one attached hydrogen (secondary N) is 1. The zero-order chi connectivity index (χ0) is 16.2. The number of carbonyl (C=O) groups excluding carboxylic acids is 1. The quantitative estimate of drug-likeness (QED) is 0.943. The number of benzene rings is 1. The summed E-state index contributed by atoms with van der Waals surface area (Å²) in [6, 6.07) is 7.85. The lowest BCUT2D eigenvalue weighted by Crippen LogP contribution is -2.15. The van der Waals surface area contributed by atoms with E-state index in [-0.39, 0.29) is 12.0 Å². The third kappa shape index (κ3) is 4.21. The maximum atomic E-state index is 12.6. The van der Waals surface area contributed by atoms with E-state index in [1.165, 1.54) is 25.4 Å². The van der Waals surface area contributed by atoms with Crippen molar-refractivity contribution in [1.82, 2.24) is 4.98 Å². The smallest absolute Gasteiger partial charge is 0.416 e. The molecule has 4 nitrogen and oxygen atoms in total. The van der Waals surface area contributed by atoms with Gasteiger partial charge in [-0.25, -0.2) is 4.98 Å². The van der Waals surface area contributed by atoms with Crippen LogP contribution in [0, 0.1) is 0 Å². The number of nitrogens with zero attached hydrogens (tertiary/aromatic N) is 1. The minimum absolute atomic E-state index is 0.157. The molecule has 0 spiro atoms. The normalized spacial score (nSPS) is 11.1. The Bertz CT molecular complexity index is 655. The number of anilines is 1. The molecule has 0 unspecified atom stereocenters. The zero-order valence-electron chi connectivity index (χ0n) is 11.6. The predicted octanol–water partition coefficient (Wildman–Crippen LogP) is 3.29. The number of rotatable bonds is 4. The molecule has 22 heavy (non-hydrogen) atoms. The second kappa shape index (κ2) is 6.46. The van der Waals surface area contributed by atoms with Gasteiger partial charge in [0.15, 0.2) is 0 Å². The van der Waals surface area contributed by atoms with Crippen LogP contribution in [0.25, 0.3) is 0 Å². The number of amides is 1. The van der Waals surface area contributed by atoms with Crippen LogP contribution in [0.1, 0.15) is 11.1 Å². The van der Waals surface area contributed by atoms with Gasteiger partial charge in [-0.05, 0) is 17.7 Å². The van der Waals surface area contributed by atoms with E-state index >= 15 is 0 Å². The summed E-state index contributed by atoms with van der Waals surface area (Å²) < 4.78 is 42.7. The molecule has 0 aliphatic rings. The molecule has 0 saturated carbocycles. The van der Waals surface area contributed by atoms with Crippen molar-refractivity contribution >= 4 is 11.6 Å². The first-order valence-corrected chi connectivity index (χ1v) is 6.34. The summed E-state index contributed by atoms with van der Waals surface area (Å²) in [7, 11) is 1.47. The van der Waals surface area contributed by atoms with E-state index in [4.69, 9.17) is 4.74 Å².